The molecule has 1 fully saturated rings. The van der Waals surface area contributed by atoms with Gasteiger partial charge in [0.1, 0.15) is 6.29 Å². The number of piperazine rings is 1. The third-order valence-electron chi connectivity index (χ3n) is 2.64. The van der Waals surface area contributed by atoms with Crippen LogP contribution in [0.4, 0.5) is 0 Å². The Balaban J connectivity index is 2.21. The second kappa shape index (κ2) is 5.58. The molecule has 0 aromatic heterocycles. The number of hydrogen-bond acceptors (Lipinski definition) is 4. The summed E-state index contributed by atoms with van der Waals surface area (Å²) in [5.41, 5.74) is -0.606. The molecule has 1 N–H and O–H groups in total. The average molecular weight is 214 g/mol. The van der Waals surface area contributed by atoms with E-state index in [1.807, 2.05) is 13.8 Å². The fourth-order valence-electron chi connectivity index (χ4n) is 1.95. The molecule has 0 aromatic carbocycles. The largest absolute Gasteiger partial charge is 0.389 e. The number of carbonyl (C=O) groups excluding carboxylic acids is 1. The monoisotopic (exact) mass is 214 g/mol. The predicted molar refractivity (Wildman–Crippen MR) is 59.9 cm³/mol. The van der Waals surface area contributed by atoms with E-state index >= 15 is 0 Å². The normalized spacial score (nSPS) is 20.5. The van der Waals surface area contributed by atoms with Crippen LogP contribution in [-0.4, -0.2) is 66.1 Å². The molecule has 0 atom stereocenters. The summed E-state index contributed by atoms with van der Waals surface area (Å²) in [5, 5.41) is 9.68. The highest BCUT2D eigenvalue weighted by molar-refractivity contribution is 5.49. The van der Waals surface area contributed by atoms with Crippen LogP contribution >= 0.6 is 0 Å². The van der Waals surface area contributed by atoms with Gasteiger partial charge in [-0.15, -0.1) is 0 Å². The van der Waals surface area contributed by atoms with Crippen molar-refractivity contribution < 1.29 is 9.90 Å². The molecule has 0 unspecified atom stereocenters. The first kappa shape index (κ1) is 12.6. The van der Waals surface area contributed by atoms with E-state index in [1.54, 1.807) is 0 Å². The van der Waals surface area contributed by atoms with Crippen LogP contribution in [0.2, 0.25) is 0 Å². The Morgan fingerprint density at radius 3 is 2.20 bits per heavy atom. The Morgan fingerprint density at radius 2 is 1.73 bits per heavy atom. The maximum Gasteiger partial charge on any atom is 0.121 e. The van der Waals surface area contributed by atoms with Crippen molar-refractivity contribution in [1.29, 1.82) is 0 Å². The molecule has 0 bridgehead atoms. The van der Waals surface area contributed by atoms with Crippen LogP contribution in [0.1, 0.15) is 20.3 Å². The summed E-state index contributed by atoms with van der Waals surface area (Å²) >= 11 is 0. The maximum absolute atomic E-state index is 10.2. The first-order valence-electron chi connectivity index (χ1n) is 5.62. The van der Waals surface area contributed by atoms with Crippen LogP contribution < -0.4 is 0 Å². The summed E-state index contributed by atoms with van der Waals surface area (Å²) in [6.07, 6.45) is 1.61. The highest BCUT2D eigenvalue weighted by Gasteiger charge is 2.22. The van der Waals surface area contributed by atoms with Gasteiger partial charge in [-0.05, 0) is 13.8 Å². The molecule has 1 rings (SSSR count). The van der Waals surface area contributed by atoms with Crippen LogP contribution in [0.3, 0.4) is 0 Å². The number of β-amino-alcohol motifs (C(OH)–C–C–N with tert-alkyl or cyclic N) is 1. The molecule has 0 saturated carbocycles. The number of rotatable bonds is 5. The van der Waals surface area contributed by atoms with Gasteiger partial charge in [0.05, 0.1) is 5.60 Å². The van der Waals surface area contributed by atoms with Crippen molar-refractivity contribution in [2.45, 2.75) is 25.9 Å². The molecule has 1 aliphatic heterocycles. The molecular formula is C11H22N2O2. The molecule has 1 heterocycles. The lowest BCUT2D eigenvalue weighted by molar-refractivity contribution is -0.108. The first-order valence-corrected chi connectivity index (χ1v) is 5.62. The smallest absolute Gasteiger partial charge is 0.121 e. The van der Waals surface area contributed by atoms with Crippen molar-refractivity contribution in [3.05, 3.63) is 0 Å². The SMILES string of the molecule is CC(C)(O)CN1CCN(CCC=O)CC1. The fraction of sp³-hybridized carbons (Fsp3) is 0.909. The van der Waals surface area contributed by atoms with Crippen LogP contribution in [0.5, 0.6) is 0 Å². The zero-order chi connectivity index (χ0) is 11.3. The Hall–Kier alpha value is -0.450. The number of carbonyl (C=O) groups is 1. The van der Waals surface area contributed by atoms with Crippen LogP contribution in [0, 0.1) is 0 Å². The molecule has 0 aromatic rings. The summed E-state index contributed by atoms with van der Waals surface area (Å²) < 4.78 is 0. The number of hydrogen-bond donors (Lipinski definition) is 1. The summed E-state index contributed by atoms with van der Waals surface area (Å²) in [7, 11) is 0. The van der Waals surface area contributed by atoms with Crippen molar-refractivity contribution in [3.63, 3.8) is 0 Å². The summed E-state index contributed by atoms with van der Waals surface area (Å²) in [4.78, 5) is 14.8. The van der Waals surface area contributed by atoms with Crippen LogP contribution in [-0.2, 0) is 4.79 Å². The molecule has 0 aliphatic carbocycles. The van der Waals surface area contributed by atoms with Crippen molar-refractivity contribution in [3.8, 4) is 0 Å². The van der Waals surface area contributed by atoms with Gasteiger partial charge in [0.15, 0.2) is 0 Å². The number of aliphatic hydroxyl groups is 1. The first-order chi connectivity index (χ1) is 7.01. The van der Waals surface area contributed by atoms with Crippen molar-refractivity contribution in [2.24, 2.45) is 0 Å². The topological polar surface area (TPSA) is 43.8 Å². The van der Waals surface area contributed by atoms with E-state index in [0.717, 1.165) is 45.6 Å². The lowest BCUT2D eigenvalue weighted by Crippen LogP contribution is -2.50. The van der Waals surface area contributed by atoms with Crippen molar-refractivity contribution in [2.75, 3.05) is 39.3 Å². The zero-order valence-corrected chi connectivity index (χ0v) is 9.78. The third kappa shape index (κ3) is 5.25. The third-order valence-corrected chi connectivity index (χ3v) is 2.64. The second-order valence-corrected chi connectivity index (χ2v) is 4.89. The maximum atomic E-state index is 10.2. The summed E-state index contributed by atoms with van der Waals surface area (Å²) in [6, 6.07) is 0. The Morgan fingerprint density at radius 1 is 1.20 bits per heavy atom. The van der Waals surface area contributed by atoms with Crippen molar-refractivity contribution >= 4 is 6.29 Å². The van der Waals surface area contributed by atoms with E-state index in [9.17, 15) is 9.90 Å². The van der Waals surface area contributed by atoms with Gasteiger partial charge in [0, 0.05) is 45.7 Å². The molecule has 0 spiro atoms. The quantitative estimate of drug-likeness (QED) is 0.652. The standard InChI is InChI=1S/C11H22N2O2/c1-11(2,15)10-13-7-5-12(6-8-13)4-3-9-14/h9,15H,3-8,10H2,1-2H3. The van der Waals surface area contributed by atoms with Gasteiger partial charge in [0.25, 0.3) is 0 Å². The number of aldehydes is 1. The highest BCUT2D eigenvalue weighted by atomic mass is 16.3. The Labute approximate surface area is 91.9 Å². The molecular weight excluding hydrogens is 192 g/mol. The lowest BCUT2D eigenvalue weighted by atomic mass is 10.1. The Bertz CT molecular complexity index is 193. The second-order valence-electron chi connectivity index (χ2n) is 4.89. The zero-order valence-electron chi connectivity index (χ0n) is 9.78. The molecule has 1 saturated heterocycles. The Kier molecular flexibility index (Phi) is 4.70. The molecule has 0 radical (unpaired) electrons. The van der Waals surface area contributed by atoms with Gasteiger partial charge in [0.2, 0.25) is 0 Å². The van der Waals surface area contributed by atoms with Gasteiger partial charge < -0.3 is 14.8 Å². The molecule has 4 nitrogen and oxygen atoms in total. The van der Waals surface area contributed by atoms with Gasteiger partial charge in [-0.2, -0.15) is 0 Å². The van der Waals surface area contributed by atoms with E-state index in [2.05, 4.69) is 9.80 Å². The van der Waals surface area contributed by atoms with Gasteiger partial charge in [-0.1, -0.05) is 0 Å². The molecule has 15 heavy (non-hydrogen) atoms. The molecule has 0 amide bonds. The molecule has 88 valence electrons. The summed E-state index contributed by atoms with van der Waals surface area (Å²) in [5.74, 6) is 0. The number of nitrogens with zero attached hydrogens (tertiary/aromatic N) is 2. The van der Waals surface area contributed by atoms with Gasteiger partial charge in [-0.3, -0.25) is 4.90 Å². The van der Waals surface area contributed by atoms with Gasteiger partial charge >= 0.3 is 0 Å². The average Bonchev–Trinajstić information content (AvgIpc) is 2.14. The van der Waals surface area contributed by atoms with E-state index in [0.29, 0.717) is 6.42 Å². The lowest BCUT2D eigenvalue weighted by Gasteiger charge is -2.37. The van der Waals surface area contributed by atoms with Crippen molar-refractivity contribution in [1.82, 2.24) is 9.80 Å². The summed E-state index contributed by atoms with van der Waals surface area (Å²) in [6.45, 7) is 9.27. The van der Waals surface area contributed by atoms with E-state index in [-0.39, 0.29) is 0 Å². The van der Waals surface area contributed by atoms with Gasteiger partial charge in [-0.25, -0.2) is 0 Å². The minimum Gasteiger partial charge on any atom is -0.389 e. The molecule has 4 heteroatoms. The van der Waals surface area contributed by atoms with E-state index in [4.69, 9.17) is 0 Å². The fourth-order valence-corrected chi connectivity index (χ4v) is 1.95. The highest BCUT2D eigenvalue weighted by Crippen LogP contribution is 2.08. The minimum atomic E-state index is -0.606. The van der Waals surface area contributed by atoms with E-state index in [1.165, 1.54) is 0 Å². The van der Waals surface area contributed by atoms with E-state index < -0.39 is 5.60 Å². The minimum absolute atomic E-state index is 0.606. The molecule has 1 aliphatic rings. The predicted octanol–water partition coefficient (Wildman–Crippen LogP) is -0.0361. The van der Waals surface area contributed by atoms with Crippen LogP contribution in [0.25, 0.3) is 0 Å². The van der Waals surface area contributed by atoms with Crippen LogP contribution in [0.15, 0.2) is 0 Å².